The summed E-state index contributed by atoms with van der Waals surface area (Å²) in [4.78, 5) is 15.9. The molecule has 1 heterocycles. The van der Waals surface area contributed by atoms with Gasteiger partial charge in [-0.25, -0.2) is 0 Å². The number of carbonyl (C=O) groups excluding carboxylic acids is 1. The Morgan fingerprint density at radius 2 is 1.88 bits per heavy atom. The van der Waals surface area contributed by atoms with E-state index in [1.807, 2.05) is 25.9 Å². The van der Waals surface area contributed by atoms with Crippen LogP contribution in [0.5, 0.6) is 0 Å². The molecule has 0 aliphatic heterocycles. The van der Waals surface area contributed by atoms with Gasteiger partial charge in [0, 0.05) is 19.0 Å². The third kappa shape index (κ3) is 8.52. The van der Waals surface area contributed by atoms with Gasteiger partial charge >= 0.3 is 6.18 Å². The van der Waals surface area contributed by atoms with Crippen molar-refractivity contribution in [1.29, 1.82) is 0 Å². The molecule has 1 amide bonds. The van der Waals surface area contributed by atoms with Gasteiger partial charge in [-0.1, -0.05) is 20.8 Å². The summed E-state index contributed by atoms with van der Waals surface area (Å²) < 4.78 is 37.8. The monoisotopic (exact) mass is 363 g/mol. The number of nitrogens with one attached hydrogen (secondary N) is 3. The fourth-order valence-corrected chi connectivity index (χ4v) is 1.68. The van der Waals surface area contributed by atoms with E-state index < -0.39 is 23.4 Å². The minimum Gasteiger partial charge on any atom is -0.389 e. The average Bonchev–Trinajstić information content (AvgIpc) is 2.81. The summed E-state index contributed by atoms with van der Waals surface area (Å²) in [6.07, 6.45) is -4.41. The minimum atomic E-state index is -4.56. The molecular formula is C15H24F3N5O2. The standard InChI is InChI=1S/C15H24F3N5O2/c1-13(2,3)7-11(24)21-12(19-8-14(4,5)25)20-10-6-9(22-23-10)15(16,17)18/h6,25H,7-8H2,1-5H3,(H3,19,20,21,22,23,24). The van der Waals surface area contributed by atoms with Crippen LogP contribution in [0.1, 0.15) is 46.7 Å². The van der Waals surface area contributed by atoms with Crippen molar-refractivity contribution in [2.75, 3.05) is 11.9 Å². The van der Waals surface area contributed by atoms with E-state index >= 15 is 0 Å². The zero-order valence-corrected chi connectivity index (χ0v) is 14.9. The number of hydrogen-bond donors (Lipinski definition) is 4. The number of aromatic amines is 1. The number of alkyl halides is 3. The highest BCUT2D eigenvalue weighted by atomic mass is 19.4. The summed E-state index contributed by atoms with van der Waals surface area (Å²) in [5.74, 6) is -0.695. The van der Waals surface area contributed by atoms with Crippen LogP contribution in [0.15, 0.2) is 11.1 Å². The molecule has 0 aliphatic carbocycles. The quantitative estimate of drug-likeness (QED) is 0.486. The lowest BCUT2D eigenvalue weighted by Gasteiger charge is -2.20. The number of aliphatic hydroxyl groups is 1. The molecule has 25 heavy (non-hydrogen) atoms. The molecule has 1 rings (SSSR count). The number of rotatable bonds is 4. The van der Waals surface area contributed by atoms with Crippen molar-refractivity contribution >= 4 is 17.7 Å². The summed E-state index contributed by atoms with van der Waals surface area (Å²) in [6, 6.07) is 0.759. The van der Waals surface area contributed by atoms with Crippen LogP contribution in [-0.4, -0.2) is 39.3 Å². The normalized spacial score (nSPS) is 13.7. The number of guanidine groups is 1. The maximum atomic E-state index is 12.6. The number of nitrogens with zero attached hydrogens (tertiary/aromatic N) is 2. The molecule has 0 spiro atoms. The van der Waals surface area contributed by atoms with Gasteiger partial charge in [0.15, 0.2) is 5.82 Å². The first-order valence-corrected chi connectivity index (χ1v) is 7.63. The maximum absolute atomic E-state index is 12.6. The summed E-state index contributed by atoms with van der Waals surface area (Å²) in [6.45, 7) is 8.68. The molecule has 4 N–H and O–H groups in total. The van der Waals surface area contributed by atoms with Gasteiger partial charge in [-0.05, 0) is 19.3 Å². The first-order valence-electron chi connectivity index (χ1n) is 7.63. The molecule has 0 unspecified atom stereocenters. The van der Waals surface area contributed by atoms with E-state index in [-0.39, 0.29) is 30.2 Å². The zero-order chi connectivity index (χ0) is 19.5. The van der Waals surface area contributed by atoms with E-state index in [1.165, 1.54) is 13.8 Å². The van der Waals surface area contributed by atoms with Gasteiger partial charge in [-0.15, -0.1) is 0 Å². The van der Waals surface area contributed by atoms with E-state index in [4.69, 9.17) is 0 Å². The van der Waals surface area contributed by atoms with Gasteiger partial charge in [0.2, 0.25) is 11.9 Å². The molecule has 0 atom stereocenters. The summed E-state index contributed by atoms with van der Waals surface area (Å²) in [5, 5.41) is 20.4. The lowest BCUT2D eigenvalue weighted by Crippen LogP contribution is -2.41. The van der Waals surface area contributed by atoms with Crippen LogP contribution >= 0.6 is 0 Å². The third-order valence-electron chi connectivity index (χ3n) is 2.74. The minimum absolute atomic E-state index is 0.0260. The van der Waals surface area contributed by atoms with E-state index in [1.54, 1.807) is 0 Å². The fourth-order valence-electron chi connectivity index (χ4n) is 1.68. The van der Waals surface area contributed by atoms with Crippen molar-refractivity contribution in [2.24, 2.45) is 10.4 Å². The highest BCUT2D eigenvalue weighted by Gasteiger charge is 2.33. The predicted octanol–water partition coefficient (Wildman–Crippen LogP) is 2.52. The number of halogens is 3. The van der Waals surface area contributed by atoms with Crippen molar-refractivity contribution in [3.05, 3.63) is 11.8 Å². The second-order valence-electron chi connectivity index (χ2n) is 7.55. The highest BCUT2D eigenvalue weighted by Crippen LogP contribution is 2.28. The molecule has 0 bridgehead atoms. The van der Waals surface area contributed by atoms with Crippen molar-refractivity contribution in [3.63, 3.8) is 0 Å². The van der Waals surface area contributed by atoms with Crippen molar-refractivity contribution in [1.82, 2.24) is 15.5 Å². The van der Waals surface area contributed by atoms with E-state index in [2.05, 4.69) is 20.7 Å². The molecular weight excluding hydrogens is 339 g/mol. The Labute approximate surface area is 144 Å². The second-order valence-corrected chi connectivity index (χ2v) is 7.55. The summed E-state index contributed by atoms with van der Waals surface area (Å²) in [7, 11) is 0. The second kappa shape index (κ2) is 7.42. The van der Waals surface area contributed by atoms with E-state index in [9.17, 15) is 23.1 Å². The Hall–Kier alpha value is -2.10. The van der Waals surface area contributed by atoms with Gasteiger partial charge < -0.3 is 15.7 Å². The molecule has 0 saturated heterocycles. The Bertz CT molecular complexity index is 624. The zero-order valence-electron chi connectivity index (χ0n) is 14.9. The third-order valence-corrected chi connectivity index (χ3v) is 2.74. The fraction of sp³-hybridized carbons (Fsp3) is 0.667. The SMILES string of the molecule is CC(C)(C)CC(=O)/N=C(/NCC(C)(C)O)Nc1cc(C(F)(F)F)[nH]n1. The van der Waals surface area contributed by atoms with Crippen LogP contribution in [0.25, 0.3) is 0 Å². The van der Waals surface area contributed by atoms with Crippen LogP contribution in [0.3, 0.4) is 0 Å². The highest BCUT2D eigenvalue weighted by molar-refractivity contribution is 6.00. The number of carbonyl (C=O) groups is 1. The largest absolute Gasteiger partial charge is 0.432 e. The van der Waals surface area contributed by atoms with Crippen molar-refractivity contribution in [3.8, 4) is 0 Å². The molecule has 0 fully saturated rings. The van der Waals surface area contributed by atoms with Crippen molar-refractivity contribution < 1.29 is 23.1 Å². The number of amides is 1. The smallest absolute Gasteiger partial charge is 0.389 e. The van der Waals surface area contributed by atoms with Crippen molar-refractivity contribution in [2.45, 2.75) is 52.8 Å². The van der Waals surface area contributed by atoms with Gasteiger partial charge in [-0.3, -0.25) is 9.89 Å². The Morgan fingerprint density at radius 3 is 2.32 bits per heavy atom. The first-order chi connectivity index (χ1) is 11.2. The number of aliphatic imine (C=N–C) groups is 1. The average molecular weight is 363 g/mol. The molecule has 10 heteroatoms. The number of hydrogen-bond acceptors (Lipinski definition) is 3. The van der Waals surface area contributed by atoms with E-state index in [0.29, 0.717) is 0 Å². The van der Waals surface area contributed by atoms with Gasteiger partial charge in [0.05, 0.1) is 5.60 Å². The Balaban J connectivity index is 2.94. The molecule has 7 nitrogen and oxygen atoms in total. The number of anilines is 1. The molecule has 0 aromatic carbocycles. The number of H-pyrrole nitrogens is 1. The van der Waals surface area contributed by atoms with Gasteiger partial charge in [-0.2, -0.15) is 23.3 Å². The Morgan fingerprint density at radius 1 is 1.28 bits per heavy atom. The van der Waals surface area contributed by atoms with Crippen LogP contribution in [-0.2, 0) is 11.0 Å². The number of aromatic nitrogens is 2. The lowest BCUT2D eigenvalue weighted by atomic mass is 9.92. The maximum Gasteiger partial charge on any atom is 0.432 e. The van der Waals surface area contributed by atoms with E-state index in [0.717, 1.165) is 6.07 Å². The molecule has 0 radical (unpaired) electrons. The van der Waals surface area contributed by atoms with Gasteiger partial charge in [0.25, 0.3) is 0 Å². The van der Waals surface area contributed by atoms with Crippen LogP contribution in [0.4, 0.5) is 19.0 Å². The molecule has 0 aliphatic rings. The molecule has 1 aromatic rings. The molecule has 0 saturated carbocycles. The summed E-state index contributed by atoms with van der Waals surface area (Å²) >= 11 is 0. The molecule has 1 aromatic heterocycles. The van der Waals surface area contributed by atoms with Crippen LogP contribution in [0.2, 0.25) is 0 Å². The summed E-state index contributed by atoms with van der Waals surface area (Å²) in [5.41, 5.74) is -2.44. The molecule has 142 valence electrons. The van der Waals surface area contributed by atoms with Crippen LogP contribution in [0, 0.1) is 5.41 Å². The first kappa shape index (κ1) is 20.9. The lowest BCUT2D eigenvalue weighted by molar-refractivity contribution is -0.141. The Kier molecular flexibility index (Phi) is 6.22. The van der Waals surface area contributed by atoms with Crippen LogP contribution < -0.4 is 10.6 Å². The predicted molar refractivity (Wildman–Crippen MR) is 88.0 cm³/mol. The topological polar surface area (TPSA) is 102 Å². The van der Waals surface area contributed by atoms with Gasteiger partial charge in [0.1, 0.15) is 5.69 Å².